The molecule has 0 saturated carbocycles. The van der Waals surface area contributed by atoms with Gasteiger partial charge in [0, 0.05) is 12.6 Å². The lowest BCUT2D eigenvalue weighted by Gasteiger charge is -2.38. The lowest BCUT2D eigenvalue weighted by atomic mass is 9.94. The van der Waals surface area contributed by atoms with Crippen molar-refractivity contribution in [2.75, 3.05) is 26.2 Å². The topological polar surface area (TPSA) is 15.3 Å². The van der Waals surface area contributed by atoms with Gasteiger partial charge in [0.15, 0.2) is 0 Å². The number of hydrogen-bond donors (Lipinski definition) is 1. The van der Waals surface area contributed by atoms with Crippen LogP contribution in [0.5, 0.6) is 0 Å². The third-order valence-corrected chi connectivity index (χ3v) is 4.11. The summed E-state index contributed by atoms with van der Waals surface area (Å²) in [6.45, 7) is 7.56. The molecule has 15 heavy (non-hydrogen) atoms. The number of nitrogens with zero attached hydrogens (tertiary/aromatic N) is 1. The predicted octanol–water partition coefficient (Wildman–Crippen LogP) is 2.25. The summed E-state index contributed by atoms with van der Waals surface area (Å²) < 4.78 is 0. The van der Waals surface area contributed by atoms with E-state index >= 15 is 0 Å². The zero-order chi connectivity index (χ0) is 10.5. The molecular formula is C13H26N2. The summed E-state index contributed by atoms with van der Waals surface area (Å²) in [4.78, 5) is 2.77. The first kappa shape index (κ1) is 11.4. The first-order valence-electron chi connectivity index (χ1n) is 6.85. The number of rotatable bonds is 3. The minimum atomic E-state index is 0.890. The summed E-state index contributed by atoms with van der Waals surface area (Å²) in [5.74, 6) is 0.922. The van der Waals surface area contributed by atoms with Crippen molar-refractivity contribution < 1.29 is 0 Å². The van der Waals surface area contributed by atoms with Crippen LogP contribution in [0.3, 0.4) is 0 Å². The van der Waals surface area contributed by atoms with E-state index in [4.69, 9.17) is 0 Å². The lowest BCUT2D eigenvalue weighted by molar-refractivity contribution is 0.114. The fraction of sp³-hybridized carbons (Fsp3) is 1.00. The van der Waals surface area contributed by atoms with E-state index in [0.29, 0.717) is 0 Å². The Balaban J connectivity index is 1.79. The fourth-order valence-electron chi connectivity index (χ4n) is 3.17. The molecule has 2 saturated heterocycles. The van der Waals surface area contributed by atoms with Crippen LogP contribution in [-0.2, 0) is 0 Å². The van der Waals surface area contributed by atoms with Gasteiger partial charge in [-0.25, -0.2) is 0 Å². The van der Waals surface area contributed by atoms with Crippen LogP contribution < -0.4 is 5.32 Å². The SMILES string of the molecule is CCC1CCCCN1CC1CCCNC1. The minimum Gasteiger partial charge on any atom is -0.316 e. The third kappa shape index (κ3) is 3.18. The molecule has 0 radical (unpaired) electrons. The van der Waals surface area contributed by atoms with Gasteiger partial charge in [-0.1, -0.05) is 13.3 Å². The maximum Gasteiger partial charge on any atom is 0.00927 e. The molecule has 0 aliphatic carbocycles. The summed E-state index contributed by atoms with van der Waals surface area (Å²) in [6.07, 6.45) is 8.50. The van der Waals surface area contributed by atoms with Crippen molar-refractivity contribution in [1.82, 2.24) is 10.2 Å². The van der Waals surface area contributed by atoms with Gasteiger partial charge in [0.25, 0.3) is 0 Å². The molecule has 0 bridgehead atoms. The Bertz CT molecular complexity index is 175. The molecule has 0 aromatic carbocycles. The average Bonchev–Trinajstić information content (AvgIpc) is 2.31. The van der Waals surface area contributed by atoms with E-state index in [1.165, 1.54) is 64.7 Å². The summed E-state index contributed by atoms with van der Waals surface area (Å²) in [6, 6.07) is 0.890. The van der Waals surface area contributed by atoms with Gasteiger partial charge >= 0.3 is 0 Å². The number of piperidine rings is 2. The second-order valence-electron chi connectivity index (χ2n) is 5.27. The maximum atomic E-state index is 3.53. The van der Waals surface area contributed by atoms with Crippen molar-refractivity contribution in [3.05, 3.63) is 0 Å². The molecule has 2 heterocycles. The van der Waals surface area contributed by atoms with Gasteiger partial charge in [-0.3, -0.25) is 0 Å². The highest BCUT2D eigenvalue weighted by Gasteiger charge is 2.24. The van der Waals surface area contributed by atoms with Crippen LogP contribution >= 0.6 is 0 Å². The molecule has 0 aromatic heterocycles. The Kier molecular flexibility index (Phi) is 4.45. The predicted molar refractivity (Wildman–Crippen MR) is 65.1 cm³/mol. The second kappa shape index (κ2) is 5.86. The minimum absolute atomic E-state index is 0.890. The molecule has 2 fully saturated rings. The Labute approximate surface area is 94.4 Å². The van der Waals surface area contributed by atoms with Crippen molar-refractivity contribution in [2.45, 2.75) is 51.5 Å². The van der Waals surface area contributed by atoms with Gasteiger partial charge in [0.05, 0.1) is 0 Å². The van der Waals surface area contributed by atoms with Crippen LogP contribution in [0.25, 0.3) is 0 Å². The van der Waals surface area contributed by atoms with Crippen LogP contribution in [-0.4, -0.2) is 37.1 Å². The summed E-state index contributed by atoms with van der Waals surface area (Å²) in [5, 5.41) is 3.53. The van der Waals surface area contributed by atoms with Crippen LogP contribution in [0.1, 0.15) is 45.4 Å². The molecule has 2 nitrogen and oxygen atoms in total. The Hall–Kier alpha value is -0.0800. The van der Waals surface area contributed by atoms with Crippen molar-refractivity contribution in [3.63, 3.8) is 0 Å². The zero-order valence-electron chi connectivity index (χ0n) is 10.2. The van der Waals surface area contributed by atoms with Gasteiger partial charge in [-0.05, 0) is 57.7 Å². The maximum absolute atomic E-state index is 3.53. The number of likely N-dealkylation sites (tertiary alicyclic amines) is 1. The second-order valence-corrected chi connectivity index (χ2v) is 5.27. The molecule has 1 N–H and O–H groups in total. The van der Waals surface area contributed by atoms with E-state index in [0.717, 1.165) is 12.0 Å². The molecule has 2 rings (SSSR count). The Morgan fingerprint density at radius 2 is 2.13 bits per heavy atom. The molecule has 2 aliphatic heterocycles. The van der Waals surface area contributed by atoms with E-state index in [-0.39, 0.29) is 0 Å². The molecule has 88 valence electrons. The summed E-state index contributed by atoms with van der Waals surface area (Å²) in [5.41, 5.74) is 0. The van der Waals surface area contributed by atoms with Gasteiger partial charge in [-0.15, -0.1) is 0 Å². The lowest BCUT2D eigenvalue weighted by Crippen LogP contribution is -2.45. The monoisotopic (exact) mass is 210 g/mol. The first-order valence-corrected chi connectivity index (χ1v) is 6.85. The molecule has 2 unspecified atom stereocenters. The highest BCUT2D eigenvalue weighted by Crippen LogP contribution is 2.22. The fourth-order valence-corrected chi connectivity index (χ4v) is 3.17. The molecule has 2 atom stereocenters. The van der Waals surface area contributed by atoms with Crippen molar-refractivity contribution in [3.8, 4) is 0 Å². The van der Waals surface area contributed by atoms with E-state index in [1.54, 1.807) is 0 Å². The first-order chi connectivity index (χ1) is 7.40. The van der Waals surface area contributed by atoms with Crippen molar-refractivity contribution in [1.29, 1.82) is 0 Å². The third-order valence-electron chi connectivity index (χ3n) is 4.11. The van der Waals surface area contributed by atoms with Crippen molar-refractivity contribution >= 4 is 0 Å². The normalized spacial score (nSPS) is 34.2. The smallest absolute Gasteiger partial charge is 0.00927 e. The van der Waals surface area contributed by atoms with Gasteiger partial charge in [0.1, 0.15) is 0 Å². The standard InChI is InChI=1S/C13H26N2/c1-2-13-7-3-4-9-15(13)11-12-6-5-8-14-10-12/h12-14H,2-11H2,1H3. The van der Waals surface area contributed by atoms with E-state index in [1.807, 2.05) is 0 Å². The van der Waals surface area contributed by atoms with Gasteiger partial charge in [0.2, 0.25) is 0 Å². The van der Waals surface area contributed by atoms with E-state index in [9.17, 15) is 0 Å². The highest BCUT2D eigenvalue weighted by molar-refractivity contribution is 4.80. The summed E-state index contributed by atoms with van der Waals surface area (Å²) >= 11 is 0. The van der Waals surface area contributed by atoms with E-state index in [2.05, 4.69) is 17.1 Å². The molecule has 0 aromatic rings. The largest absolute Gasteiger partial charge is 0.316 e. The Morgan fingerprint density at radius 1 is 1.20 bits per heavy atom. The average molecular weight is 210 g/mol. The number of hydrogen-bond acceptors (Lipinski definition) is 2. The van der Waals surface area contributed by atoms with Crippen molar-refractivity contribution in [2.24, 2.45) is 5.92 Å². The number of nitrogens with one attached hydrogen (secondary N) is 1. The Morgan fingerprint density at radius 3 is 2.87 bits per heavy atom. The zero-order valence-corrected chi connectivity index (χ0v) is 10.2. The molecule has 2 aliphatic rings. The van der Waals surface area contributed by atoms with Crippen LogP contribution in [0.2, 0.25) is 0 Å². The van der Waals surface area contributed by atoms with Gasteiger partial charge in [-0.2, -0.15) is 0 Å². The summed E-state index contributed by atoms with van der Waals surface area (Å²) in [7, 11) is 0. The molecule has 2 heteroatoms. The van der Waals surface area contributed by atoms with E-state index < -0.39 is 0 Å². The molecular weight excluding hydrogens is 184 g/mol. The van der Waals surface area contributed by atoms with Crippen LogP contribution in [0.4, 0.5) is 0 Å². The van der Waals surface area contributed by atoms with Gasteiger partial charge < -0.3 is 10.2 Å². The highest BCUT2D eigenvalue weighted by atomic mass is 15.2. The quantitative estimate of drug-likeness (QED) is 0.768. The van der Waals surface area contributed by atoms with Crippen LogP contribution in [0.15, 0.2) is 0 Å². The molecule has 0 amide bonds. The molecule has 0 spiro atoms. The van der Waals surface area contributed by atoms with Crippen LogP contribution in [0, 0.1) is 5.92 Å².